The summed E-state index contributed by atoms with van der Waals surface area (Å²) >= 11 is 0. The van der Waals surface area contributed by atoms with E-state index in [2.05, 4.69) is 4.90 Å². The molecule has 2 aromatic rings. The summed E-state index contributed by atoms with van der Waals surface area (Å²) in [5, 5.41) is 0. The molecule has 0 radical (unpaired) electrons. The van der Waals surface area contributed by atoms with Gasteiger partial charge in [0.25, 0.3) is 0 Å². The van der Waals surface area contributed by atoms with Crippen LogP contribution in [0.3, 0.4) is 0 Å². The lowest BCUT2D eigenvalue weighted by Crippen LogP contribution is -3.13. The van der Waals surface area contributed by atoms with Crippen molar-refractivity contribution in [2.75, 3.05) is 31.1 Å². The highest BCUT2D eigenvalue weighted by molar-refractivity contribution is 5.94. The van der Waals surface area contributed by atoms with E-state index in [1.54, 1.807) is 19.1 Å². The van der Waals surface area contributed by atoms with Gasteiger partial charge in [-0.3, -0.25) is 4.79 Å². The maximum atomic E-state index is 13.3. The average molecular weight is 313 g/mol. The number of quaternary nitrogens is 1. The number of hydrogen-bond acceptors (Lipinski definition) is 2. The second kappa shape index (κ2) is 6.92. The molecule has 0 saturated carbocycles. The van der Waals surface area contributed by atoms with Crippen LogP contribution >= 0.6 is 0 Å². The number of rotatable bonds is 4. The third-order valence-corrected chi connectivity index (χ3v) is 4.45. The number of nitrogens with zero attached hydrogens (tertiary/aromatic N) is 1. The molecule has 1 saturated heterocycles. The van der Waals surface area contributed by atoms with Crippen molar-refractivity contribution in [3.63, 3.8) is 0 Å². The number of nitrogens with one attached hydrogen (secondary N) is 1. The molecule has 1 fully saturated rings. The highest BCUT2D eigenvalue weighted by Crippen LogP contribution is 2.15. The largest absolute Gasteiger partial charge is 0.360 e. The predicted molar refractivity (Wildman–Crippen MR) is 89.5 cm³/mol. The lowest BCUT2D eigenvalue weighted by molar-refractivity contribution is -0.914. The van der Waals surface area contributed by atoms with Crippen LogP contribution in [-0.2, 0) is 6.54 Å². The lowest BCUT2D eigenvalue weighted by atomic mass is 10.1. The third kappa shape index (κ3) is 3.96. The van der Waals surface area contributed by atoms with Crippen molar-refractivity contribution in [2.24, 2.45) is 0 Å². The van der Waals surface area contributed by atoms with Crippen molar-refractivity contribution in [3.05, 3.63) is 65.5 Å². The number of ketones is 1. The smallest absolute Gasteiger partial charge is 0.159 e. The van der Waals surface area contributed by atoms with Gasteiger partial charge in [0.1, 0.15) is 12.4 Å². The van der Waals surface area contributed by atoms with E-state index >= 15 is 0 Å². The molecule has 1 heterocycles. The van der Waals surface area contributed by atoms with Crippen LogP contribution in [0, 0.1) is 5.82 Å². The average Bonchev–Trinajstić information content (AvgIpc) is 2.56. The summed E-state index contributed by atoms with van der Waals surface area (Å²) in [6.45, 7) is 6.47. The number of benzene rings is 2. The normalized spacial score (nSPS) is 15.7. The molecule has 23 heavy (non-hydrogen) atoms. The van der Waals surface area contributed by atoms with E-state index in [1.807, 2.05) is 30.3 Å². The Balaban J connectivity index is 1.56. The second-order valence-corrected chi connectivity index (χ2v) is 6.15. The van der Waals surface area contributed by atoms with Gasteiger partial charge in [0.05, 0.1) is 26.2 Å². The molecule has 2 aromatic carbocycles. The van der Waals surface area contributed by atoms with Gasteiger partial charge in [-0.05, 0) is 43.3 Å². The van der Waals surface area contributed by atoms with Crippen molar-refractivity contribution in [2.45, 2.75) is 13.5 Å². The van der Waals surface area contributed by atoms with E-state index in [4.69, 9.17) is 0 Å². The van der Waals surface area contributed by atoms with E-state index in [0.717, 1.165) is 43.9 Å². The molecule has 0 aromatic heterocycles. The zero-order chi connectivity index (χ0) is 16.2. The molecule has 120 valence electrons. The highest BCUT2D eigenvalue weighted by Gasteiger charge is 2.20. The van der Waals surface area contributed by atoms with E-state index in [9.17, 15) is 9.18 Å². The minimum atomic E-state index is -0.161. The van der Waals surface area contributed by atoms with Crippen LogP contribution in [0.25, 0.3) is 0 Å². The fraction of sp³-hybridized carbons (Fsp3) is 0.316. The first kappa shape index (κ1) is 15.7. The number of anilines is 1. The Kier molecular flexibility index (Phi) is 4.72. The van der Waals surface area contributed by atoms with Gasteiger partial charge < -0.3 is 9.80 Å². The van der Waals surface area contributed by atoms with Crippen LogP contribution in [-0.4, -0.2) is 32.0 Å². The van der Waals surface area contributed by atoms with Gasteiger partial charge in [-0.15, -0.1) is 0 Å². The summed E-state index contributed by atoms with van der Waals surface area (Å²) in [7, 11) is 0. The van der Waals surface area contributed by atoms with Crippen LogP contribution in [0.5, 0.6) is 0 Å². The molecule has 1 aliphatic rings. The molecule has 0 atom stereocenters. The van der Waals surface area contributed by atoms with Gasteiger partial charge in [0.2, 0.25) is 0 Å². The van der Waals surface area contributed by atoms with Crippen molar-refractivity contribution >= 4 is 11.5 Å². The molecule has 0 spiro atoms. The summed E-state index contributed by atoms with van der Waals surface area (Å²) in [6, 6.07) is 14.7. The van der Waals surface area contributed by atoms with E-state index < -0.39 is 0 Å². The number of carbonyl (C=O) groups is 1. The van der Waals surface area contributed by atoms with Gasteiger partial charge in [0.15, 0.2) is 5.78 Å². The van der Waals surface area contributed by atoms with Crippen molar-refractivity contribution in [1.82, 2.24) is 0 Å². The zero-order valence-electron chi connectivity index (χ0n) is 13.4. The van der Waals surface area contributed by atoms with Crippen LogP contribution < -0.4 is 9.80 Å². The number of halogens is 1. The molecule has 4 heteroatoms. The van der Waals surface area contributed by atoms with Gasteiger partial charge >= 0.3 is 0 Å². The third-order valence-electron chi connectivity index (χ3n) is 4.45. The van der Waals surface area contributed by atoms with Gasteiger partial charge in [-0.2, -0.15) is 0 Å². The lowest BCUT2D eigenvalue weighted by Gasteiger charge is -2.33. The van der Waals surface area contributed by atoms with Gasteiger partial charge in [-0.1, -0.05) is 12.1 Å². The maximum absolute atomic E-state index is 13.3. The fourth-order valence-corrected chi connectivity index (χ4v) is 3.10. The molecule has 0 amide bonds. The first-order valence-corrected chi connectivity index (χ1v) is 8.06. The quantitative estimate of drug-likeness (QED) is 0.873. The fourth-order valence-electron chi connectivity index (χ4n) is 3.10. The standard InChI is InChI=1S/C19H21FN2O/c1-15(23)17-5-7-19(8-6-17)22-11-9-21(10-12-22)14-16-3-2-4-18(20)13-16/h2-8,13H,9-12,14H2,1H3/p+1. The molecule has 0 unspecified atom stereocenters. The van der Waals surface area contributed by atoms with Crippen molar-refractivity contribution < 1.29 is 14.1 Å². The van der Waals surface area contributed by atoms with E-state index in [-0.39, 0.29) is 11.6 Å². The van der Waals surface area contributed by atoms with Crippen LogP contribution in [0.15, 0.2) is 48.5 Å². The monoisotopic (exact) mass is 313 g/mol. The Labute approximate surface area is 136 Å². The molecule has 3 rings (SSSR count). The highest BCUT2D eigenvalue weighted by atomic mass is 19.1. The molecule has 3 nitrogen and oxygen atoms in total. The summed E-state index contributed by atoms with van der Waals surface area (Å²) in [4.78, 5) is 15.2. The molecular formula is C19H22FN2O+. The summed E-state index contributed by atoms with van der Waals surface area (Å²) in [6.07, 6.45) is 0. The van der Waals surface area contributed by atoms with Crippen molar-refractivity contribution in [3.8, 4) is 0 Å². The number of Topliss-reactive ketones (excluding diaryl/α,β-unsaturated/α-hetero) is 1. The Morgan fingerprint density at radius 1 is 1.13 bits per heavy atom. The Morgan fingerprint density at radius 3 is 2.43 bits per heavy atom. The first-order chi connectivity index (χ1) is 11.1. The van der Waals surface area contributed by atoms with Crippen LogP contribution in [0.2, 0.25) is 0 Å². The SMILES string of the molecule is CC(=O)c1ccc(N2CC[NH+](Cc3cccc(F)c3)CC2)cc1. The Hall–Kier alpha value is -2.20. The molecule has 1 N–H and O–H groups in total. The van der Waals surface area contributed by atoms with Gasteiger partial charge in [-0.25, -0.2) is 4.39 Å². The first-order valence-electron chi connectivity index (χ1n) is 8.06. The topological polar surface area (TPSA) is 24.8 Å². The molecule has 0 aliphatic carbocycles. The summed E-state index contributed by atoms with van der Waals surface area (Å²) in [5.41, 5.74) is 2.98. The molecule has 1 aliphatic heterocycles. The number of hydrogen-bond donors (Lipinski definition) is 1. The Morgan fingerprint density at radius 2 is 1.83 bits per heavy atom. The van der Waals surface area contributed by atoms with E-state index in [1.165, 1.54) is 16.7 Å². The van der Waals surface area contributed by atoms with Crippen LogP contribution in [0.1, 0.15) is 22.8 Å². The minimum Gasteiger partial charge on any atom is -0.360 e. The predicted octanol–water partition coefficient (Wildman–Crippen LogP) is 1.93. The molecule has 0 bridgehead atoms. The van der Waals surface area contributed by atoms with Crippen LogP contribution in [0.4, 0.5) is 10.1 Å². The van der Waals surface area contributed by atoms with Gasteiger partial charge in [0, 0.05) is 16.8 Å². The second-order valence-electron chi connectivity index (χ2n) is 6.15. The summed E-state index contributed by atoms with van der Waals surface area (Å²) < 4.78 is 13.3. The van der Waals surface area contributed by atoms with E-state index in [0.29, 0.717) is 0 Å². The Bertz CT molecular complexity index is 676. The molecular weight excluding hydrogens is 291 g/mol. The number of carbonyl (C=O) groups excluding carboxylic acids is 1. The summed E-state index contributed by atoms with van der Waals surface area (Å²) in [5.74, 6) is -0.0630. The number of piperazine rings is 1. The minimum absolute atomic E-state index is 0.0981. The maximum Gasteiger partial charge on any atom is 0.159 e. The van der Waals surface area contributed by atoms with Crippen molar-refractivity contribution in [1.29, 1.82) is 0 Å². The zero-order valence-corrected chi connectivity index (χ0v) is 13.4.